The summed E-state index contributed by atoms with van der Waals surface area (Å²) in [6.07, 6.45) is 0. The number of hydrogen-bond donors (Lipinski definition) is 0. The van der Waals surface area contributed by atoms with E-state index in [0.717, 1.165) is 4.47 Å². The van der Waals surface area contributed by atoms with Crippen molar-refractivity contribution in [3.63, 3.8) is 0 Å². The summed E-state index contributed by atoms with van der Waals surface area (Å²) in [7, 11) is -3.21. The lowest BCUT2D eigenvalue weighted by Crippen LogP contribution is -2.37. The zero-order valence-electron chi connectivity index (χ0n) is 13.0. The molecule has 5 nitrogen and oxygen atoms in total. The quantitative estimate of drug-likeness (QED) is 0.668. The van der Waals surface area contributed by atoms with E-state index in [-0.39, 0.29) is 17.5 Å². The summed E-state index contributed by atoms with van der Waals surface area (Å²) in [5, 5.41) is 0.504. The Labute approximate surface area is 159 Å². The fourth-order valence-electron chi connectivity index (χ4n) is 3.54. The van der Waals surface area contributed by atoms with E-state index >= 15 is 0 Å². The maximum Gasteiger partial charge on any atom is 0.329 e. The van der Waals surface area contributed by atoms with Crippen LogP contribution in [0.25, 0.3) is 0 Å². The monoisotopic (exact) mass is 440 g/mol. The molecule has 2 aliphatic rings. The van der Waals surface area contributed by atoms with Crippen LogP contribution in [-0.2, 0) is 9.84 Å². The van der Waals surface area contributed by atoms with E-state index in [4.69, 9.17) is 11.6 Å². The first-order chi connectivity index (χ1) is 11.9. The fraction of sp³-hybridized carbons (Fsp3) is 0.235. The van der Waals surface area contributed by atoms with Gasteiger partial charge in [0, 0.05) is 20.9 Å². The molecule has 0 aromatic heterocycles. The average molecular weight is 442 g/mol. The predicted octanol–water partition coefficient (Wildman–Crippen LogP) is 3.71. The van der Waals surface area contributed by atoms with E-state index < -0.39 is 21.9 Å². The summed E-state index contributed by atoms with van der Waals surface area (Å²) in [5.41, 5.74) is 1.30. The molecule has 2 heterocycles. The van der Waals surface area contributed by atoms with Gasteiger partial charge in [-0.3, -0.25) is 9.80 Å². The Balaban J connectivity index is 1.81. The molecule has 2 aromatic rings. The van der Waals surface area contributed by atoms with Gasteiger partial charge < -0.3 is 0 Å². The Kier molecular flexibility index (Phi) is 4.05. The van der Waals surface area contributed by atoms with Crippen molar-refractivity contribution in [1.82, 2.24) is 0 Å². The van der Waals surface area contributed by atoms with E-state index in [2.05, 4.69) is 15.9 Å². The number of hydrogen-bond acceptors (Lipinski definition) is 3. The number of rotatable bonds is 2. The topological polar surface area (TPSA) is 57.7 Å². The number of nitrogens with zero attached hydrogens (tertiary/aromatic N) is 2. The molecule has 4 rings (SSSR count). The Morgan fingerprint density at radius 3 is 2.16 bits per heavy atom. The molecular formula is C17H14BrClN2O3S. The van der Waals surface area contributed by atoms with Crippen molar-refractivity contribution in [2.75, 3.05) is 21.3 Å². The van der Waals surface area contributed by atoms with Crippen molar-refractivity contribution in [3.05, 3.63) is 58.0 Å². The Hall–Kier alpha value is -1.57. The third-order valence-corrected chi connectivity index (χ3v) is 7.02. The maximum atomic E-state index is 13.1. The SMILES string of the molecule is O=C1N(c2ccc(Br)cc2)[C@@H]2CS(=O)(=O)C[C@@H]2N1c1cccc(Cl)c1. The summed E-state index contributed by atoms with van der Waals surface area (Å²) >= 11 is 9.44. The number of fused-ring (bicyclic) bond motifs is 1. The van der Waals surface area contributed by atoms with Gasteiger partial charge in [-0.15, -0.1) is 0 Å². The first kappa shape index (κ1) is 16.9. The second-order valence-electron chi connectivity index (χ2n) is 6.19. The van der Waals surface area contributed by atoms with Crippen molar-refractivity contribution >= 4 is 54.8 Å². The summed E-state index contributed by atoms with van der Waals surface area (Å²) in [4.78, 5) is 16.3. The van der Waals surface area contributed by atoms with E-state index in [1.165, 1.54) is 0 Å². The molecule has 8 heteroatoms. The van der Waals surface area contributed by atoms with Crippen molar-refractivity contribution in [2.24, 2.45) is 0 Å². The minimum Gasteiger partial charge on any atom is -0.288 e. The van der Waals surface area contributed by atoms with Gasteiger partial charge in [0.05, 0.1) is 23.6 Å². The molecule has 2 aromatic carbocycles. The smallest absolute Gasteiger partial charge is 0.288 e. The van der Waals surface area contributed by atoms with Crippen molar-refractivity contribution in [1.29, 1.82) is 0 Å². The highest BCUT2D eigenvalue weighted by Gasteiger charge is 2.54. The van der Waals surface area contributed by atoms with Gasteiger partial charge in [0.15, 0.2) is 9.84 Å². The largest absolute Gasteiger partial charge is 0.329 e. The highest BCUT2D eigenvalue weighted by Crippen LogP contribution is 2.38. The normalized spacial score (nSPS) is 24.6. The second kappa shape index (κ2) is 6.00. The van der Waals surface area contributed by atoms with Gasteiger partial charge in [-0.1, -0.05) is 33.6 Å². The second-order valence-corrected chi connectivity index (χ2v) is 9.70. The molecule has 2 fully saturated rings. The van der Waals surface area contributed by atoms with Gasteiger partial charge in [-0.25, -0.2) is 13.2 Å². The average Bonchev–Trinajstić information content (AvgIpc) is 2.97. The van der Waals surface area contributed by atoms with Gasteiger partial charge >= 0.3 is 6.03 Å². The molecule has 0 bridgehead atoms. The van der Waals surface area contributed by atoms with Crippen molar-refractivity contribution < 1.29 is 13.2 Å². The first-order valence-corrected chi connectivity index (χ1v) is 10.7. The van der Waals surface area contributed by atoms with E-state index in [0.29, 0.717) is 16.4 Å². The number of benzene rings is 2. The zero-order chi connectivity index (χ0) is 17.8. The van der Waals surface area contributed by atoms with Gasteiger partial charge in [0.2, 0.25) is 0 Å². The molecule has 25 heavy (non-hydrogen) atoms. The van der Waals surface area contributed by atoms with Crippen LogP contribution in [0.1, 0.15) is 0 Å². The number of halogens is 2. The zero-order valence-corrected chi connectivity index (χ0v) is 16.1. The fourth-order valence-corrected chi connectivity index (χ4v) is 5.90. The molecule has 0 radical (unpaired) electrons. The van der Waals surface area contributed by atoms with Crippen LogP contribution in [0.15, 0.2) is 53.0 Å². The predicted molar refractivity (Wildman–Crippen MR) is 102 cm³/mol. The van der Waals surface area contributed by atoms with Crippen LogP contribution in [0.2, 0.25) is 5.02 Å². The minimum atomic E-state index is -3.21. The number of urea groups is 1. The Bertz CT molecular complexity index is 949. The Morgan fingerprint density at radius 1 is 0.960 bits per heavy atom. The van der Waals surface area contributed by atoms with E-state index in [1.54, 1.807) is 34.1 Å². The Morgan fingerprint density at radius 2 is 1.56 bits per heavy atom. The molecule has 0 spiro atoms. The van der Waals surface area contributed by atoms with Gasteiger partial charge in [-0.2, -0.15) is 0 Å². The van der Waals surface area contributed by atoms with E-state index in [9.17, 15) is 13.2 Å². The van der Waals surface area contributed by atoms with Gasteiger partial charge in [0.25, 0.3) is 0 Å². The van der Waals surface area contributed by atoms with Crippen LogP contribution in [0, 0.1) is 0 Å². The third kappa shape index (κ3) is 2.94. The van der Waals surface area contributed by atoms with Crippen LogP contribution in [0.4, 0.5) is 16.2 Å². The number of carbonyl (C=O) groups excluding carboxylic acids is 1. The third-order valence-electron chi connectivity index (χ3n) is 4.56. The molecule has 2 amide bonds. The molecule has 0 saturated carbocycles. The molecule has 0 unspecified atom stereocenters. The highest BCUT2D eigenvalue weighted by atomic mass is 79.9. The van der Waals surface area contributed by atoms with Crippen LogP contribution in [0.5, 0.6) is 0 Å². The van der Waals surface area contributed by atoms with Gasteiger partial charge in [0.1, 0.15) is 0 Å². The molecule has 2 aliphatic heterocycles. The molecule has 130 valence electrons. The molecule has 0 aliphatic carbocycles. The number of sulfone groups is 1. The number of anilines is 2. The molecule has 0 N–H and O–H groups in total. The molecular weight excluding hydrogens is 428 g/mol. The summed E-state index contributed by atoms with van der Waals surface area (Å²) in [5.74, 6) is -0.0700. The molecule has 2 atom stereocenters. The van der Waals surface area contributed by atoms with Crippen molar-refractivity contribution in [3.8, 4) is 0 Å². The standard InChI is InChI=1S/C17H14BrClN2O3S/c18-11-4-6-13(7-5-11)20-15-9-25(23,24)10-16(15)21(17(20)22)14-3-1-2-12(19)8-14/h1-8,15-16H,9-10H2/t15-,16+/m1/s1. The van der Waals surface area contributed by atoms with Crippen LogP contribution in [-0.4, -0.2) is 38.0 Å². The number of carbonyl (C=O) groups is 1. The van der Waals surface area contributed by atoms with Gasteiger partial charge in [-0.05, 0) is 42.5 Å². The molecule has 2 saturated heterocycles. The summed E-state index contributed by atoms with van der Waals surface area (Å²) < 4.78 is 25.3. The highest BCUT2D eigenvalue weighted by molar-refractivity contribution is 9.10. The lowest BCUT2D eigenvalue weighted by atomic mass is 10.1. The first-order valence-electron chi connectivity index (χ1n) is 7.70. The number of amides is 2. The van der Waals surface area contributed by atoms with Crippen LogP contribution in [0.3, 0.4) is 0 Å². The van der Waals surface area contributed by atoms with Crippen LogP contribution < -0.4 is 9.80 Å². The lowest BCUT2D eigenvalue weighted by molar-refractivity contribution is 0.255. The lowest BCUT2D eigenvalue weighted by Gasteiger charge is -2.22. The maximum absolute atomic E-state index is 13.1. The van der Waals surface area contributed by atoms with Crippen LogP contribution >= 0.6 is 27.5 Å². The summed E-state index contributed by atoms with van der Waals surface area (Å²) in [6, 6.07) is 13.2. The van der Waals surface area contributed by atoms with Crippen molar-refractivity contribution in [2.45, 2.75) is 12.1 Å². The van der Waals surface area contributed by atoms with E-state index in [1.807, 2.05) is 24.3 Å². The summed E-state index contributed by atoms with van der Waals surface area (Å²) in [6.45, 7) is 0. The minimum absolute atomic E-state index is 0.0312.